The van der Waals surface area contributed by atoms with Crippen LogP contribution in [0.5, 0.6) is 0 Å². The molecule has 2 rings (SSSR count). The van der Waals surface area contributed by atoms with E-state index in [2.05, 4.69) is 10.1 Å². The minimum Gasteiger partial charge on any atom is -0.465 e. The third-order valence-corrected chi connectivity index (χ3v) is 3.46. The number of hydrogen-bond donors (Lipinski definition) is 1. The maximum atomic E-state index is 13.0. The first-order valence-electron chi connectivity index (χ1n) is 6.91. The van der Waals surface area contributed by atoms with Crippen LogP contribution in [0.25, 0.3) is 0 Å². The molecule has 0 unspecified atom stereocenters. The summed E-state index contributed by atoms with van der Waals surface area (Å²) < 4.78 is 43.6. The lowest BCUT2D eigenvalue weighted by molar-refractivity contribution is -0.137. The SMILES string of the molecule is COC(=O)c1cccc(NC(=O)c2ccccc2C(F)(F)F)c1C. The van der Waals surface area contributed by atoms with E-state index in [4.69, 9.17) is 0 Å². The zero-order valence-electron chi connectivity index (χ0n) is 12.9. The lowest BCUT2D eigenvalue weighted by atomic mass is 10.0. The van der Waals surface area contributed by atoms with E-state index in [0.29, 0.717) is 5.56 Å². The molecule has 2 aromatic carbocycles. The Labute approximate surface area is 136 Å². The first kappa shape index (κ1) is 17.5. The number of amides is 1. The number of hydrogen-bond acceptors (Lipinski definition) is 3. The maximum Gasteiger partial charge on any atom is 0.417 e. The molecule has 126 valence electrons. The molecule has 0 aliphatic carbocycles. The Morgan fingerprint density at radius 3 is 2.25 bits per heavy atom. The van der Waals surface area contributed by atoms with Gasteiger partial charge in [-0.05, 0) is 36.8 Å². The molecule has 0 spiro atoms. The van der Waals surface area contributed by atoms with Gasteiger partial charge in [-0.15, -0.1) is 0 Å². The van der Waals surface area contributed by atoms with Crippen LogP contribution in [-0.2, 0) is 10.9 Å². The molecule has 0 heterocycles. The Hall–Kier alpha value is -2.83. The first-order valence-corrected chi connectivity index (χ1v) is 6.91. The first-order chi connectivity index (χ1) is 11.3. The number of carbonyl (C=O) groups is 2. The highest BCUT2D eigenvalue weighted by atomic mass is 19.4. The van der Waals surface area contributed by atoms with Crippen molar-refractivity contribution in [3.05, 3.63) is 64.7 Å². The van der Waals surface area contributed by atoms with Crippen molar-refractivity contribution in [2.75, 3.05) is 12.4 Å². The fraction of sp³-hybridized carbons (Fsp3) is 0.176. The van der Waals surface area contributed by atoms with Crippen LogP contribution in [0.2, 0.25) is 0 Å². The van der Waals surface area contributed by atoms with E-state index < -0.39 is 29.2 Å². The molecule has 0 atom stereocenters. The maximum absolute atomic E-state index is 13.0. The molecule has 0 saturated heterocycles. The van der Waals surface area contributed by atoms with Crippen LogP contribution in [0.3, 0.4) is 0 Å². The zero-order valence-corrected chi connectivity index (χ0v) is 12.9. The quantitative estimate of drug-likeness (QED) is 0.860. The van der Waals surface area contributed by atoms with Crippen LogP contribution in [0.15, 0.2) is 42.5 Å². The van der Waals surface area contributed by atoms with Crippen LogP contribution in [-0.4, -0.2) is 19.0 Å². The number of halogens is 3. The van der Waals surface area contributed by atoms with Crippen molar-refractivity contribution >= 4 is 17.6 Å². The third-order valence-electron chi connectivity index (χ3n) is 3.46. The van der Waals surface area contributed by atoms with E-state index in [9.17, 15) is 22.8 Å². The number of alkyl halides is 3. The summed E-state index contributed by atoms with van der Waals surface area (Å²) in [4.78, 5) is 23.9. The lowest BCUT2D eigenvalue weighted by Gasteiger charge is -2.14. The van der Waals surface area contributed by atoms with E-state index in [-0.39, 0.29) is 11.3 Å². The Balaban J connectivity index is 2.37. The largest absolute Gasteiger partial charge is 0.465 e. The van der Waals surface area contributed by atoms with E-state index in [1.807, 2.05) is 0 Å². The topological polar surface area (TPSA) is 55.4 Å². The van der Waals surface area contributed by atoms with Crippen molar-refractivity contribution in [1.29, 1.82) is 0 Å². The highest BCUT2D eigenvalue weighted by Gasteiger charge is 2.34. The standard InChI is InChI=1S/C17H14F3NO3/c1-10-11(16(23)24-2)7-5-9-14(10)21-15(22)12-6-3-4-8-13(12)17(18,19)20/h3-9H,1-2H3,(H,21,22). The molecule has 0 aliphatic rings. The monoisotopic (exact) mass is 337 g/mol. The molecule has 0 saturated carbocycles. The second-order valence-electron chi connectivity index (χ2n) is 4.97. The normalized spacial score (nSPS) is 11.0. The third kappa shape index (κ3) is 3.56. The van der Waals surface area contributed by atoms with Crippen LogP contribution < -0.4 is 5.32 Å². The molecule has 24 heavy (non-hydrogen) atoms. The number of methoxy groups -OCH3 is 1. The minimum atomic E-state index is -4.64. The average molecular weight is 337 g/mol. The van der Waals surface area contributed by atoms with Gasteiger partial charge in [-0.2, -0.15) is 13.2 Å². The summed E-state index contributed by atoms with van der Waals surface area (Å²) >= 11 is 0. The molecule has 1 amide bonds. The van der Waals surface area contributed by atoms with E-state index in [1.165, 1.54) is 37.4 Å². The van der Waals surface area contributed by atoms with Gasteiger partial charge in [0.05, 0.1) is 23.8 Å². The molecule has 1 N–H and O–H groups in total. The summed E-state index contributed by atoms with van der Waals surface area (Å²) in [5.41, 5.74) is -0.654. The number of ether oxygens (including phenoxy) is 1. The highest BCUT2D eigenvalue weighted by molar-refractivity contribution is 6.06. The van der Waals surface area contributed by atoms with Crippen molar-refractivity contribution in [2.24, 2.45) is 0 Å². The Morgan fingerprint density at radius 2 is 1.62 bits per heavy atom. The van der Waals surface area contributed by atoms with Gasteiger partial charge in [0.25, 0.3) is 5.91 Å². The van der Waals surface area contributed by atoms with Crippen LogP contribution in [0.4, 0.5) is 18.9 Å². The predicted octanol–water partition coefficient (Wildman–Crippen LogP) is 4.05. The average Bonchev–Trinajstić information content (AvgIpc) is 2.55. The Kier molecular flexibility index (Phi) is 4.92. The van der Waals surface area contributed by atoms with Crippen molar-refractivity contribution in [3.63, 3.8) is 0 Å². The Bertz CT molecular complexity index is 785. The molecule has 2 aromatic rings. The van der Waals surface area contributed by atoms with E-state index >= 15 is 0 Å². The summed E-state index contributed by atoms with van der Waals surface area (Å²) in [6, 6.07) is 9.00. The van der Waals surface area contributed by atoms with Crippen molar-refractivity contribution in [1.82, 2.24) is 0 Å². The molecule has 7 heteroatoms. The zero-order chi connectivity index (χ0) is 17.9. The van der Waals surface area contributed by atoms with Crippen molar-refractivity contribution in [2.45, 2.75) is 13.1 Å². The molecule has 0 aliphatic heterocycles. The van der Waals surface area contributed by atoms with E-state index in [0.717, 1.165) is 12.1 Å². The van der Waals surface area contributed by atoms with Crippen LogP contribution in [0, 0.1) is 6.92 Å². The second kappa shape index (κ2) is 6.74. The fourth-order valence-corrected chi connectivity index (χ4v) is 2.22. The van der Waals surface area contributed by atoms with Gasteiger partial charge in [-0.3, -0.25) is 4.79 Å². The van der Waals surface area contributed by atoms with E-state index in [1.54, 1.807) is 6.92 Å². The summed E-state index contributed by atoms with van der Waals surface area (Å²) in [6.07, 6.45) is -4.64. The molecular formula is C17H14F3NO3. The number of nitrogens with one attached hydrogen (secondary N) is 1. The second-order valence-corrected chi connectivity index (χ2v) is 4.97. The van der Waals surface area contributed by atoms with Crippen molar-refractivity contribution < 1.29 is 27.5 Å². The fourth-order valence-electron chi connectivity index (χ4n) is 2.22. The van der Waals surface area contributed by atoms with Gasteiger partial charge in [-0.1, -0.05) is 18.2 Å². The van der Waals surface area contributed by atoms with Gasteiger partial charge >= 0.3 is 12.1 Å². The number of rotatable bonds is 3. The molecule has 0 bridgehead atoms. The molecular weight excluding hydrogens is 323 g/mol. The molecule has 0 aromatic heterocycles. The van der Waals surface area contributed by atoms with Gasteiger partial charge in [0.15, 0.2) is 0 Å². The van der Waals surface area contributed by atoms with Crippen LogP contribution in [0.1, 0.15) is 31.8 Å². The number of esters is 1. The smallest absolute Gasteiger partial charge is 0.417 e. The van der Waals surface area contributed by atoms with Gasteiger partial charge in [-0.25, -0.2) is 4.79 Å². The Morgan fingerprint density at radius 1 is 1.00 bits per heavy atom. The number of carbonyl (C=O) groups excluding carboxylic acids is 2. The summed E-state index contributed by atoms with van der Waals surface area (Å²) in [7, 11) is 1.21. The summed E-state index contributed by atoms with van der Waals surface area (Å²) in [6.45, 7) is 1.57. The minimum absolute atomic E-state index is 0.222. The highest BCUT2D eigenvalue weighted by Crippen LogP contribution is 2.32. The van der Waals surface area contributed by atoms with Crippen molar-refractivity contribution in [3.8, 4) is 0 Å². The summed E-state index contributed by atoms with van der Waals surface area (Å²) in [5, 5.41) is 2.41. The number of benzene rings is 2. The van der Waals surface area contributed by atoms with Gasteiger partial charge < -0.3 is 10.1 Å². The van der Waals surface area contributed by atoms with Crippen LogP contribution >= 0.6 is 0 Å². The molecule has 0 fully saturated rings. The van der Waals surface area contributed by atoms with Gasteiger partial charge in [0, 0.05) is 5.69 Å². The number of anilines is 1. The lowest BCUT2D eigenvalue weighted by Crippen LogP contribution is -2.19. The van der Waals surface area contributed by atoms with Gasteiger partial charge in [0.2, 0.25) is 0 Å². The van der Waals surface area contributed by atoms with Gasteiger partial charge in [0.1, 0.15) is 0 Å². The molecule has 4 nitrogen and oxygen atoms in total. The predicted molar refractivity (Wildman–Crippen MR) is 81.9 cm³/mol. The molecule has 0 radical (unpaired) electrons. The summed E-state index contributed by atoms with van der Waals surface area (Å²) in [5.74, 6) is -1.51.